The molecule has 0 aliphatic heterocycles. The Morgan fingerprint density at radius 1 is 1.14 bits per heavy atom. The maximum atomic E-state index is 12.4. The first-order valence-electron chi connectivity index (χ1n) is 9.50. The molecule has 0 saturated heterocycles. The molecule has 1 saturated carbocycles. The molecule has 1 amide bonds. The minimum Gasteiger partial charge on any atom is -0.468 e. The number of anilines is 1. The van der Waals surface area contributed by atoms with E-state index in [-0.39, 0.29) is 17.4 Å². The van der Waals surface area contributed by atoms with Crippen molar-refractivity contribution in [3.8, 4) is 0 Å². The third-order valence-electron chi connectivity index (χ3n) is 4.74. The molecule has 8 nitrogen and oxygen atoms in total. The third-order valence-corrected chi connectivity index (χ3v) is 6.14. The number of hydrogen-bond acceptors (Lipinski definition) is 6. The molecule has 1 heterocycles. The van der Waals surface area contributed by atoms with Crippen LogP contribution in [0, 0.1) is 5.92 Å². The maximum Gasteiger partial charge on any atom is 0.306 e. The molecule has 156 valence electrons. The van der Waals surface area contributed by atoms with Crippen LogP contribution in [0.5, 0.6) is 0 Å². The molecule has 1 aliphatic carbocycles. The Morgan fingerprint density at radius 3 is 2.66 bits per heavy atom. The molecule has 3 rings (SSSR count). The molecule has 9 heteroatoms. The lowest BCUT2D eigenvalue weighted by atomic mass is 10.1. The summed E-state index contributed by atoms with van der Waals surface area (Å²) in [6.45, 7) is -0.387. The van der Waals surface area contributed by atoms with E-state index in [2.05, 4.69) is 10.0 Å². The number of amides is 1. The van der Waals surface area contributed by atoms with Crippen molar-refractivity contribution < 1.29 is 27.2 Å². The average Bonchev–Trinajstić information content (AvgIpc) is 3.39. The van der Waals surface area contributed by atoms with Crippen LogP contribution in [0.1, 0.15) is 37.9 Å². The zero-order valence-corrected chi connectivity index (χ0v) is 16.7. The summed E-state index contributed by atoms with van der Waals surface area (Å²) in [4.78, 5) is 23.8. The van der Waals surface area contributed by atoms with Crippen molar-refractivity contribution in [2.24, 2.45) is 5.92 Å². The lowest BCUT2D eigenvalue weighted by molar-refractivity contribution is -0.148. The number of benzene rings is 1. The summed E-state index contributed by atoms with van der Waals surface area (Å²) >= 11 is 0. The summed E-state index contributed by atoms with van der Waals surface area (Å²) in [5, 5.41) is 2.55. The van der Waals surface area contributed by atoms with E-state index in [1.54, 1.807) is 18.2 Å². The summed E-state index contributed by atoms with van der Waals surface area (Å²) < 4.78 is 37.4. The molecule has 1 aliphatic rings. The highest BCUT2D eigenvalue weighted by atomic mass is 32.2. The smallest absolute Gasteiger partial charge is 0.306 e. The molecule has 29 heavy (non-hydrogen) atoms. The zero-order chi connectivity index (χ0) is 20.7. The van der Waals surface area contributed by atoms with Gasteiger partial charge in [-0.2, -0.15) is 0 Å². The summed E-state index contributed by atoms with van der Waals surface area (Å²) in [5.41, 5.74) is 0.294. The van der Waals surface area contributed by atoms with Gasteiger partial charge in [0.2, 0.25) is 10.0 Å². The third kappa shape index (κ3) is 6.43. The van der Waals surface area contributed by atoms with Crippen LogP contribution < -0.4 is 10.0 Å². The quantitative estimate of drug-likeness (QED) is 0.603. The van der Waals surface area contributed by atoms with Crippen molar-refractivity contribution in [3.05, 3.63) is 48.4 Å². The number of sulfonamides is 1. The van der Waals surface area contributed by atoms with Gasteiger partial charge in [0, 0.05) is 12.1 Å². The highest BCUT2D eigenvalue weighted by Gasteiger charge is 2.20. The first kappa shape index (κ1) is 21.1. The molecule has 1 aromatic carbocycles. The average molecular weight is 420 g/mol. The lowest BCUT2D eigenvalue weighted by Gasteiger charge is -2.10. The molecule has 1 fully saturated rings. The Balaban J connectivity index is 1.50. The van der Waals surface area contributed by atoms with Gasteiger partial charge in [0.15, 0.2) is 6.61 Å². The minimum absolute atomic E-state index is 0.0000780. The summed E-state index contributed by atoms with van der Waals surface area (Å²) in [7, 11) is -3.78. The Bertz CT molecular complexity index is 934. The number of carbonyl (C=O) groups excluding carboxylic acids is 2. The molecule has 0 radical (unpaired) electrons. The molecular weight excluding hydrogens is 396 g/mol. The van der Waals surface area contributed by atoms with Gasteiger partial charge in [-0.05, 0) is 49.1 Å². The number of esters is 1. The molecule has 2 aromatic rings. The largest absolute Gasteiger partial charge is 0.468 e. The number of nitrogens with one attached hydrogen (secondary N) is 2. The van der Waals surface area contributed by atoms with E-state index in [0.717, 1.165) is 25.7 Å². The van der Waals surface area contributed by atoms with Crippen molar-refractivity contribution in [2.75, 3.05) is 11.9 Å². The van der Waals surface area contributed by atoms with Crippen LogP contribution >= 0.6 is 0 Å². The minimum atomic E-state index is -3.78. The normalized spacial score (nSPS) is 14.6. The van der Waals surface area contributed by atoms with E-state index in [9.17, 15) is 18.0 Å². The zero-order valence-electron chi connectivity index (χ0n) is 15.9. The maximum absolute atomic E-state index is 12.4. The SMILES string of the molecule is O=C(COC(=O)CC1CCCC1)Nc1cccc(S(=O)(=O)NCc2ccco2)c1. The molecule has 2 N–H and O–H groups in total. The number of furan rings is 1. The van der Waals surface area contributed by atoms with Gasteiger partial charge in [0.1, 0.15) is 5.76 Å². The fourth-order valence-corrected chi connectivity index (χ4v) is 4.29. The molecule has 0 bridgehead atoms. The molecule has 0 unspecified atom stereocenters. The second-order valence-corrected chi connectivity index (χ2v) is 8.76. The monoisotopic (exact) mass is 420 g/mol. The number of hydrogen-bond donors (Lipinski definition) is 2. The number of carbonyl (C=O) groups is 2. The first-order chi connectivity index (χ1) is 13.9. The van der Waals surface area contributed by atoms with Crippen LogP contribution in [0.25, 0.3) is 0 Å². The van der Waals surface area contributed by atoms with Crippen molar-refractivity contribution >= 4 is 27.6 Å². The molecular formula is C20H24N2O6S. The predicted octanol–water partition coefficient (Wildman–Crippen LogP) is 2.82. The van der Waals surface area contributed by atoms with Crippen molar-refractivity contribution in [3.63, 3.8) is 0 Å². The molecule has 1 aromatic heterocycles. The van der Waals surface area contributed by atoms with Gasteiger partial charge in [-0.25, -0.2) is 13.1 Å². The van der Waals surface area contributed by atoms with Gasteiger partial charge in [-0.15, -0.1) is 0 Å². The van der Waals surface area contributed by atoms with Crippen LogP contribution in [0.3, 0.4) is 0 Å². The van der Waals surface area contributed by atoms with Gasteiger partial charge >= 0.3 is 5.97 Å². The number of ether oxygens (including phenoxy) is 1. The summed E-state index contributed by atoms with van der Waals surface area (Å²) in [6, 6.07) is 9.16. The highest BCUT2D eigenvalue weighted by molar-refractivity contribution is 7.89. The van der Waals surface area contributed by atoms with Crippen LogP contribution in [0.2, 0.25) is 0 Å². The van der Waals surface area contributed by atoms with E-state index in [1.807, 2.05) is 0 Å². The Labute approximate surface area is 169 Å². The second-order valence-electron chi connectivity index (χ2n) is 7.00. The molecule has 0 atom stereocenters. The standard InChI is InChI=1S/C20H24N2O6S/c23-19(14-28-20(24)11-15-5-1-2-6-15)22-16-7-3-9-18(12-16)29(25,26)21-13-17-8-4-10-27-17/h3-4,7-10,12,15,21H,1-2,5-6,11,13-14H2,(H,22,23). The van der Waals surface area contributed by atoms with Crippen LogP contribution in [-0.4, -0.2) is 26.9 Å². The Kier molecular flexibility index (Phi) is 7.05. The van der Waals surface area contributed by atoms with Gasteiger partial charge in [-0.1, -0.05) is 18.9 Å². The van der Waals surface area contributed by atoms with Gasteiger partial charge in [-0.3, -0.25) is 9.59 Å². The fraction of sp³-hybridized carbons (Fsp3) is 0.400. The van der Waals surface area contributed by atoms with E-state index < -0.39 is 22.5 Å². The Morgan fingerprint density at radius 2 is 1.93 bits per heavy atom. The fourth-order valence-electron chi connectivity index (χ4n) is 3.26. The van der Waals surface area contributed by atoms with E-state index >= 15 is 0 Å². The van der Waals surface area contributed by atoms with Gasteiger partial charge in [0.05, 0.1) is 17.7 Å². The van der Waals surface area contributed by atoms with Crippen molar-refractivity contribution in [1.82, 2.24) is 4.72 Å². The van der Waals surface area contributed by atoms with E-state index in [4.69, 9.17) is 9.15 Å². The van der Waals surface area contributed by atoms with Crippen LogP contribution in [0.4, 0.5) is 5.69 Å². The molecule has 0 spiro atoms. The summed E-state index contributed by atoms with van der Waals surface area (Å²) in [6.07, 6.45) is 6.11. The van der Waals surface area contributed by atoms with Crippen molar-refractivity contribution in [2.45, 2.75) is 43.5 Å². The van der Waals surface area contributed by atoms with Crippen LogP contribution in [0.15, 0.2) is 52.0 Å². The highest BCUT2D eigenvalue weighted by Crippen LogP contribution is 2.27. The van der Waals surface area contributed by atoms with Crippen LogP contribution in [-0.2, 0) is 30.9 Å². The van der Waals surface area contributed by atoms with Crippen molar-refractivity contribution in [1.29, 1.82) is 0 Å². The lowest BCUT2D eigenvalue weighted by Crippen LogP contribution is -2.24. The predicted molar refractivity (Wildman–Crippen MR) is 105 cm³/mol. The Hall–Kier alpha value is -2.65. The topological polar surface area (TPSA) is 115 Å². The van der Waals surface area contributed by atoms with E-state index in [0.29, 0.717) is 23.8 Å². The first-order valence-corrected chi connectivity index (χ1v) is 11.0. The van der Waals surface area contributed by atoms with Gasteiger partial charge < -0.3 is 14.5 Å². The van der Waals surface area contributed by atoms with Gasteiger partial charge in [0.25, 0.3) is 5.91 Å². The summed E-state index contributed by atoms with van der Waals surface area (Å²) in [5.74, 6) is -0.0769. The van der Waals surface area contributed by atoms with E-state index in [1.165, 1.54) is 24.5 Å². The second kappa shape index (κ2) is 9.71. The number of rotatable bonds is 9.